The fraction of sp³-hybridized carbons (Fsp3) is 0.462. The quantitative estimate of drug-likeness (QED) is 0.772. The molecule has 5 heteroatoms. The van der Waals surface area contributed by atoms with Gasteiger partial charge in [0.05, 0.1) is 5.54 Å². The van der Waals surface area contributed by atoms with Gasteiger partial charge in [-0.15, -0.1) is 0 Å². The highest BCUT2D eigenvalue weighted by molar-refractivity contribution is 5.80. The van der Waals surface area contributed by atoms with Crippen molar-refractivity contribution in [2.45, 2.75) is 31.7 Å². The molecule has 1 fully saturated rings. The van der Waals surface area contributed by atoms with Gasteiger partial charge in [-0.2, -0.15) is 0 Å². The van der Waals surface area contributed by atoms with Gasteiger partial charge < -0.3 is 9.47 Å². The van der Waals surface area contributed by atoms with Gasteiger partial charge in [0.25, 0.3) is 0 Å². The summed E-state index contributed by atoms with van der Waals surface area (Å²) in [6.45, 7) is 3.94. The van der Waals surface area contributed by atoms with Crippen molar-refractivity contribution in [3.05, 3.63) is 23.8 Å². The lowest BCUT2D eigenvalue weighted by Crippen LogP contribution is -2.40. The number of benzene rings is 1. The van der Waals surface area contributed by atoms with E-state index in [1.54, 1.807) is 0 Å². The lowest BCUT2D eigenvalue weighted by Gasteiger charge is -2.31. The molecule has 96 valence electrons. The standard InChI is InChI=1S/C13H15NO4/c1-13(2)9(6-12(15)14(13)16)8-3-4-10-11(5-8)18-7-17-10/h3-5,9,16H,6-7H2,1-2H3. The molecule has 1 aromatic rings. The number of hydroxylamine groups is 2. The van der Waals surface area contributed by atoms with E-state index in [0.29, 0.717) is 12.2 Å². The van der Waals surface area contributed by atoms with Crippen LogP contribution in [0.3, 0.4) is 0 Å². The van der Waals surface area contributed by atoms with Crippen LogP contribution in [0.4, 0.5) is 0 Å². The van der Waals surface area contributed by atoms with Crippen LogP contribution in [0.25, 0.3) is 0 Å². The SMILES string of the molecule is CC1(C)C(c2ccc3c(c2)OCO3)CC(=O)N1O. The van der Waals surface area contributed by atoms with E-state index in [1.165, 1.54) is 0 Å². The normalized spacial score (nSPS) is 24.7. The largest absolute Gasteiger partial charge is 0.454 e. The van der Waals surface area contributed by atoms with Gasteiger partial charge in [-0.3, -0.25) is 10.0 Å². The van der Waals surface area contributed by atoms with Crippen molar-refractivity contribution in [2.24, 2.45) is 0 Å². The molecule has 1 N–H and O–H groups in total. The highest BCUT2D eigenvalue weighted by Crippen LogP contribution is 2.44. The Balaban J connectivity index is 1.98. The van der Waals surface area contributed by atoms with Crippen LogP contribution in [0.1, 0.15) is 31.7 Å². The summed E-state index contributed by atoms with van der Waals surface area (Å²) >= 11 is 0. The van der Waals surface area contributed by atoms with Gasteiger partial charge >= 0.3 is 0 Å². The molecule has 1 atom stereocenters. The zero-order valence-electron chi connectivity index (χ0n) is 10.3. The number of ether oxygens (including phenoxy) is 2. The summed E-state index contributed by atoms with van der Waals surface area (Å²) in [5.41, 5.74) is 0.374. The predicted molar refractivity (Wildman–Crippen MR) is 62.6 cm³/mol. The van der Waals surface area contributed by atoms with E-state index in [1.807, 2.05) is 32.0 Å². The van der Waals surface area contributed by atoms with Crippen LogP contribution < -0.4 is 9.47 Å². The fourth-order valence-electron chi connectivity index (χ4n) is 2.64. The molecule has 0 aliphatic carbocycles. The van der Waals surface area contributed by atoms with E-state index < -0.39 is 5.54 Å². The van der Waals surface area contributed by atoms with Gasteiger partial charge in [0.15, 0.2) is 11.5 Å². The second-order valence-corrected chi connectivity index (χ2v) is 5.23. The molecule has 18 heavy (non-hydrogen) atoms. The van der Waals surface area contributed by atoms with E-state index in [-0.39, 0.29) is 18.6 Å². The maximum absolute atomic E-state index is 11.6. The first-order valence-electron chi connectivity index (χ1n) is 5.91. The first kappa shape index (κ1) is 11.3. The number of carbonyl (C=O) groups excluding carboxylic acids is 1. The Kier molecular flexibility index (Phi) is 2.28. The minimum atomic E-state index is -0.606. The summed E-state index contributed by atoms with van der Waals surface area (Å²) in [5.74, 6) is 1.13. The third-order valence-corrected chi connectivity index (χ3v) is 3.81. The highest BCUT2D eigenvalue weighted by Gasteiger charge is 2.47. The molecule has 2 aliphatic heterocycles. The summed E-state index contributed by atoms with van der Waals surface area (Å²) < 4.78 is 10.6. The Labute approximate surface area is 105 Å². The van der Waals surface area contributed by atoms with Crippen molar-refractivity contribution < 1.29 is 19.5 Å². The predicted octanol–water partition coefficient (Wildman–Crippen LogP) is 1.90. The van der Waals surface area contributed by atoms with Gasteiger partial charge in [0.1, 0.15) is 0 Å². The van der Waals surface area contributed by atoms with Gasteiger partial charge in [0, 0.05) is 12.3 Å². The molecule has 2 heterocycles. The zero-order valence-corrected chi connectivity index (χ0v) is 10.3. The van der Waals surface area contributed by atoms with E-state index >= 15 is 0 Å². The number of rotatable bonds is 1. The van der Waals surface area contributed by atoms with Crippen LogP contribution in [-0.2, 0) is 4.79 Å². The topological polar surface area (TPSA) is 59.0 Å². The van der Waals surface area contributed by atoms with Crippen molar-refractivity contribution in [3.63, 3.8) is 0 Å². The Hall–Kier alpha value is -1.75. The monoisotopic (exact) mass is 249 g/mol. The van der Waals surface area contributed by atoms with Crippen LogP contribution in [0, 0.1) is 0 Å². The zero-order chi connectivity index (χ0) is 12.9. The van der Waals surface area contributed by atoms with Crippen molar-refractivity contribution in [2.75, 3.05) is 6.79 Å². The van der Waals surface area contributed by atoms with Crippen molar-refractivity contribution in [1.29, 1.82) is 0 Å². The van der Waals surface area contributed by atoms with Crippen molar-refractivity contribution >= 4 is 5.91 Å². The van der Waals surface area contributed by atoms with E-state index in [2.05, 4.69) is 0 Å². The lowest BCUT2D eigenvalue weighted by atomic mass is 9.83. The van der Waals surface area contributed by atoms with Crippen LogP contribution in [0.5, 0.6) is 11.5 Å². The molecule has 0 bridgehead atoms. The smallest absolute Gasteiger partial charge is 0.247 e. The average Bonchev–Trinajstić information content (AvgIpc) is 2.87. The molecule has 0 radical (unpaired) electrons. The highest BCUT2D eigenvalue weighted by atomic mass is 16.7. The molecule has 1 amide bonds. The number of nitrogens with zero attached hydrogens (tertiary/aromatic N) is 1. The summed E-state index contributed by atoms with van der Waals surface area (Å²) in [5, 5.41) is 10.6. The molecule has 0 aromatic heterocycles. The molecule has 5 nitrogen and oxygen atoms in total. The third-order valence-electron chi connectivity index (χ3n) is 3.81. The first-order chi connectivity index (χ1) is 8.50. The molecular weight excluding hydrogens is 234 g/mol. The molecule has 2 aliphatic rings. The number of fused-ring (bicyclic) bond motifs is 1. The van der Waals surface area contributed by atoms with Gasteiger partial charge in [-0.1, -0.05) is 6.07 Å². The van der Waals surface area contributed by atoms with Gasteiger partial charge in [-0.05, 0) is 31.5 Å². The summed E-state index contributed by atoms with van der Waals surface area (Å²) in [4.78, 5) is 11.6. The van der Waals surface area contributed by atoms with Gasteiger partial charge in [-0.25, -0.2) is 5.06 Å². The van der Waals surface area contributed by atoms with Crippen LogP contribution >= 0.6 is 0 Å². The molecule has 0 spiro atoms. The maximum Gasteiger partial charge on any atom is 0.247 e. The van der Waals surface area contributed by atoms with Crippen LogP contribution in [0.2, 0.25) is 0 Å². The number of amides is 1. The Morgan fingerprint density at radius 2 is 2.06 bits per heavy atom. The molecule has 1 aromatic carbocycles. The van der Waals surface area contributed by atoms with Crippen molar-refractivity contribution in [1.82, 2.24) is 5.06 Å². The average molecular weight is 249 g/mol. The summed E-state index contributed by atoms with van der Waals surface area (Å²) in [6, 6.07) is 5.66. The lowest BCUT2D eigenvalue weighted by molar-refractivity contribution is -0.176. The Bertz CT molecular complexity index is 512. The van der Waals surface area contributed by atoms with Crippen LogP contribution in [0.15, 0.2) is 18.2 Å². The van der Waals surface area contributed by atoms with E-state index in [4.69, 9.17) is 9.47 Å². The van der Waals surface area contributed by atoms with Gasteiger partial charge in [0.2, 0.25) is 12.7 Å². The Morgan fingerprint density at radius 1 is 1.33 bits per heavy atom. The first-order valence-corrected chi connectivity index (χ1v) is 5.91. The number of hydrogen-bond acceptors (Lipinski definition) is 4. The minimum absolute atomic E-state index is 0.0514. The van der Waals surface area contributed by atoms with Crippen LogP contribution in [-0.4, -0.2) is 28.5 Å². The summed E-state index contributed by atoms with van der Waals surface area (Å²) in [6.07, 6.45) is 0.309. The second-order valence-electron chi connectivity index (χ2n) is 5.23. The second kappa shape index (κ2) is 3.62. The molecule has 3 rings (SSSR count). The third kappa shape index (κ3) is 1.47. The molecule has 1 unspecified atom stereocenters. The minimum Gasteiger partial charge on any atom is -0.454 e. The van der Waals surface area contributed by atoms with E-state index in [0.717, 1.165) is 16.4 Å². The van der Waals surface area contributed by atoms with Crippen molar-refractivity contribution in [3.8, 4) is 11.5 Å². The number of carbonyl (C=O) groups is 1. The fourth-order valence-corrected chi connectivity index (χ4v) is 2.64. The molecule has 0 saturated carbocycles. The summed E-state index contributed by atoms with van der Waals surface area (Å²) in [7, 11) is 0. The maximum atomic E-state index is 11.6. The van der Waals surface area contributed by atoms with E-state index in [9.17, 15) is 10.0 Å². The number of hydrogen-bond donors (Lipinski definition) is 1. The Morgan fingerprint density at radius 3 is 2.72 bits per heavy atom. The molecule has 1 saturated heterocycles. The molecular formula is C13H15NO4.